The zero-order chi connectivity index (χ0) is 23.3. The first-order valence-electron chi connectivity index (χ1n) is 11.2. The van der Waals surface area contributed by atoms with E-state index in [0.717, 1.165) is 50.3 Å². The molecule has 0 saturated carbocycles. The zero-order valence-corrected chi connectivity index (χ0v) is 21.3. The van der Waals surface area contributed by atoms with Gasteiger partial charge in [0.15, 0.2) is 0 Å². The third kappa shape index (κ3) is 6.60. The fraction of sp³-hybridized carbons (Fsp3) is 0.222. The van der Waals surface area contributed by atoms with E-state index in [1.54, 1.807) is 11.8 Å². The summed E-state index contributed by atoms with van der Waals surface area (Å²) in [6.45, 7) is 8.32. The van der Waals surface area contributed by atoms with E-state index in [4.69, 9.17) is 15.6 Å². The average molecular weight is 474 g/mol. The highest BCUT2D eigenvalue weighted by Crippen LogP contribution is 2.32. The first-order chi connectivity index (χ1) is 15.9. The van der Waals surface area contributed by atoms with Crippen molar-refractivity contribution in [2.45, 2.75) is 42.2 Å². The second-order valence-electron chi connectivity index (χ2n) is 9.33. The molecule has 1 aromatic heterocycles. The number of benzene rings is 3. The summed E-state index contributed by atoms with van der Waals surface area (Å²) < 4.78 is 8.02. The number of hydrogen-bond acceptors (Lipinski definition) is 4. The molecule has 0 aliphatic carbocycles. The molecule has 0 spiro atoms. The van der Waals surface area contributed by atoms with Crippen molar-refractivity contribution < 1.29 is 4.74 Å². The van der Waals surface area contributed by atoms with Gasteiger partial charge in [0.2, 0.25) is 0 Å². The van der Waals surface area contributed by atoms with Gasteiger partial charge in [-0.1, -0.05) is 73.9 Å². The Morgan fingerprint density at radius 1 is 0.939 bits per heavy atom. The van der Waals surface area contributed by atoms with E-state index in [-0.39, 0.29) is 0 Å². The number of fused-ring (bicyclic) bond motifs is 1. The number of anilines is 1. The van der Waals surface area contributed by atoms with Crippen LogP contribution in [0.3, 0.4) is 0 Å². The van der Waals surface area contributed by atoms with E-state index in [1.165, 1.54) is 0 Å². The van der Waals surface area contributed by atoms with Crippen molar-refractivity contribution in [1.29, 1.82) is 0 Å². The molecule has 0 bridgehead atoms. The molecule has 0 aliphatic heterocycles. The second-order valence-corrected chi connectivity index (χ2v) is 16.1. The van der Waals surface area contributed by atoms with Gasteiger partial charge in [-0.3, -0.25) is 0 Å². The highest BCUT2D eigenvalue weighted by Gasteiger charge is 2.14. The SMILES string of the molecule is C[Si](C)(C)CCOCn1nc(C=Cc2ccccc2)c2ccc(Sc3cccc(N)c3)cc21. The van der Waals surface area contributed by atoms with E-state index in [9.17, 15) is 0 Å². The van der Waals surface area contributed by atoms with Gasteiger partial charge in [0.25, 0.3) is 0 Å². The van der Waals surface area contributed by atoms with Gasteiger partial charge in [-0.2, -0.15) is 5.10 Å². The molecular formula is C27H31N3OSSi. The lowest BCUT2D eigenvalue weighted by atomic mass is 10.1. The molecule has 33 heavy (non-hydrogen) atoms. The molecule has 0 amide bonds. The summed E-state index contributed by atoms with van der Waals surface area (Å²) in [4.78, 5) is 2.27. The predicted octanol–water partition coefficient (Wildman–Crippen LogP) is 7.25. The molecule has 4 nitrogen and oxygen atoms in total. The largest absolute Gasteiger partial charge is 0.399 e. The fourth-order valence-electron chi connectivity index (χ4n) is 3.45. The molecule has 0 aliphatic rings. The quantitative estimate of drug-likeness (QED) is 0.158. The maximum Gasteiger partial charge on any atom is 0.140 e. The van der Waals surface area contributed by atoms with Crippen LogP contribution in [0.25, 0.3) is 23.1 Å². The van der Waals surface area contributed by atoms with Gasteiger partial charge in [0.05, 0.1) is 11.2 Å². The number of aromatic nitrogens is 2. The van der Waals surface area contributed by atoms with Gasteiger partial charge in [0.1, 0.15) is 6.73 Å². The Morgan fingerprint density at radius 3 is 2.48 bits per heavy atom. The Labute approximate surface area is 201 Å². The molecule has 0 saturated heterocycles. The van der Waals surface area contributed by atoms with Crippen LogP contribution in [0.4, 0.5) is 5.69 Å². The van der Waals surface area contributed by atoms with E-state index in [0.29, 0.717) is 6.73 Å². The monoisotopic (exact) mass is 473 g/mol. The van der Waals surface area contributed by atoms with Crippen LogP contribution in [0, 0.1) is 0 Å². The van der Waals surface area contributed by atoms with Crippen molar-refractivity contribution in [3.05, 3.63) is 84.1 Å². The van der Waals surface area contributed by atoms with E-state index >= 15 is 0 Å². The first kappa shape index (κ1) is 23.4. The number of rotatable bonds is 9. The Morgan fingerprint density at radius 2 is 1.73 bits per heavy atom. The Bertz CT molecular complexity index is 1250. The van der Waals surface area contributed by atoms with Gasteiger partial charge in [-0.05, 0) is 54.1 Å². The van der Waals surface area contributed by atoms with Gasteiger partial charge >= 0.3 is 0 Å². The molecule has 2 N–H and O–H groups in total. The summed E-state index contributed by atoms with van der Waals surface area (Å²) in [5.41, 5.74) is 9.91. The summed E-state index contributed by atoms with van der Waals surface area (Å²) in [7, 11) is -1.13. The molecule has 0 fully saturated rings. The average Bonchev–Trinajstić information content (AvgIpc) is 3.12. The van der Waals surface area contributed by atoms with Gasteiger partial charge < -0.3 is 10.5 Å². The minimum atomic E-state index is -1.13. The van der Waals surface area contributed by atoms with Crippen molar-refractivity contribution >= 4 is 48.6 Å². The van der Waals surface area contributed by atoms with Crippen molar-refractivity contribution in [3.63, 3.8) is 0 Å². The van der Waals surface area contributed by atoms with Crippen molar-refractivity contribution in [1.82, 2.24) is 9.78 Å². The summed E-state index contributed by atoms with van der Waals surface area (Å²) in [6, 6.07) is 25.9. The number of hydrogen-bond donors (Lipinski definition) is 1. The summed E-state index contributed by atoms with van der Waals surface area (Å²) >= 11 is 1.70. The standard InChI is InChI=1S/C27H31N3OSSi/c1-33(2,3)17-16-31-20-30-27-19-24(32-23-11-7-10-22(28)18-23)13-14-25(27)26(29-30)15-12-21-8-5-4-6-9-21/h4-15,18-19H,16-17,20,28H2,1-3H3. The smallest absolute Gasteiger partial charge is 0.140 e. The Balaban J connectivity index is 1.62. The molecule has 3 aromatic carbocycles. The molecule has 4 rings (SSSR count). The summed E-state index contributed by atoms with van der Waals surface area (Å²) in [5.74, 6) is 0. The summed E-state index contributed by atoms with van der Waals surface area (Å²) in [6.07, 6.45) is 4.19. The topological polar surface area (TPSA) is 53.1 Å². The van der Waals surface area contributed by atoms with Crippen LogP contribution >= 0.6 is 11.8 Å². The molecule has 6 heteroatoms. The maximum absolute atomic E-state index is 6.04. The van der Waals surface area contributed by atoms with Crippen LogP contribution in [0.2, 0.25) is 25.7 Å². The molecule has 170 valence electrons. The molecular weight excluding hydrogens is 442 g/mol. The van der Waals surface area contributed by atoms with Crippen LogP contribution in [0.5, 0.6) is 0 Å². The predicted molar refractivity (Wildman–Crippen MR) is 144 cm³/mol. The van der Waals surface area contributed by atoms with Gasteiger partial charge in [0, 0.05) is 35.5 Å². The van der Waals surface area contributed by atoms with E-state index in [2.05, 4.69) is 68.2 Å². The lowest BCUT2D eigenvalue weighted by molar-refractivity contribution is 0.0816. The number of nitrogens with two attached hydrogens (primary N) is 1. The van der Waals surface area contributed by atoms with Crippen molar-refractivity contribution in [3.8, 4) is 0 Å². The Hall–Kier alpha value is -2.80. The lowest BCUT2D eigenvalue weighted by Gasteiger charge is -2.15. The fourth-order valence-corrected chi connectivity index (χ4v) is 5.12. The minimum Gasteiger partial charge on any atom is -0.399 e. The van der Waals surface area contributed by atoms with Crippen molar-refractivity contribution in [2.75, 3.05) is 12.3 Å². The molecule has 4 aromatic rings. The van der Waals surface area contributed by atoms with Crippen LogP contribution < -0.4 is 5.73 Å². The molecule has 0 atom stereocenters. The number of nitrogen functional groups attached to an aromatic ring is 1. The minimum absolute atomic E-state index is 0.451. The molecule has 0 radical (unpaired) electrons. The van der Waals surface area contributed by atoms with Gasteiger partial charge in [-0.15, -0.1) is 0 Å². The van der Waals surface area contributed by atoms with Gasteiger partial charge in [-0.25, -0.2) is 4.68 Å². The third-order valence-electron chi connectivity index (χ3n) is 5.29. The summed E-state index contributed by atoms with van der Waals surface area (Å²) in [5, 5.41) is 6.01. The van der Waals surface area contributed by atoms with Crippen LogP contribution in [-0.2, 0) is 11.5 Å². The highest BCUT2D eigenvalue weighted by atomic mass is 32.2. The van der Waals surface area contributed by atoms with E-state index in [1.807, 2.05) is 41.1 Å². The third-order valence-corrected chi connectivity index (χ3v) is 7.97. The maximum atomic E-state index is 6.04. The van der Waals surface area contributed by atoms with Crippen molar-refractivity contribution in [2.24, 2.45) is 0 Å². The lowest BCUT2D eigenvalue weighted by Crippen LogP contribution is -2.22. The first-order valence-corrected chi connectivity index (χ1v) is 15.7. The highest BCUT2D eigenvalue weighted by molar-refractivity contribution is 7.99. The molecule has 0 unspecified atom stereocenters. The van der Waals surface area contributed by atoms with E-state index < -0.39 is 8.07 Å². The Kier molecular flexibility index (Phi) is 7.38. The van der Waals surface area contributed by atoms with Crippen LogP contribution in [0.15, 0.2) is 82.6 Å². The van der Waals surface area contributed by atoms with Crippen LogP contribution in [-0.4, -0.2) is 24.5 Å². The second kappa shape index (κ2) is 10.4. The number of ether oxygens (including phenoxy) is 1. The number of nitrogens with zero attached hydrogens (tertiary/aromatic N) is 2. The zero-order valence-electron chi connectivity index (χ0n) is 19.5. The normalized spacial score (nSPS) is 12.1. The molecule has 1 heterocycles. The van der Waals surface area contributed by atoms with Crippen LogP contribution in [0.1, 0.15) is 11.3 Å².